The Labute approximate surface area is 186 Å². The summed E-state index contributed by atoms with van der Waals surface area (Å²) in [6, 6.07) is 18.2. The Morgan fingerprint density at radius 1 is 0.938 bits per heavy atom. The molecule has 0 atom stereocenters. The molecule has 32 heavy (non-hydrogen) atoms. The first-order chi connectivity index (χ1) is 15.4. The Hall–Kier alpha value is -3.30. The van der Waals surface area contributed by atoms with E-state index < -0.39 is 15.9 Å². The van der Waals surface area contributed by atoms with E-state index in [1.807, 2.05) is 30.3 Å². The maximum Gasteiger partial charge on any atom is 0.276 e. The van der Waals surface area contributed by atoms with Crippen LogP contribution in [0.25, 0.3) is 0 Å². The lowest BCUT2D eigenvalue weighted by Gasteiger charge is -2.26. The number of rotatable bonds is 6. The molecule has 0 radical (unpaired) electrons. The first-order valence-corrected chi connectivity index (χ1v) is 11.9. The van der Waals surface area contributed by atoms with E-state index in [0.29, 0.717) is 18.8 Å². The van der Waals surface area contributed by atoms with Crippen molar-refractivity contribution in [3.8, 4) is 0 Å². The Kier molecular flexibility index (Phi) is 6.48. The molecule has 0 aliphatic carbocycles. The zero-order valence-corrected chi connectivity index (χ0v) is 18.3. The summed E-state index contributed by atoms with van der Waals surface area (Å²) in [4.78, 5) is 25.0. The molecule has 1 aliphatic rings. The van der Waals surface area contributed by atoms with E-state index in [2.05, 4.69) is 10.4 Å². The van der Waals surface area contributed by atoms with Crippen molar-refractivity contribution in [2.75, 3.05) is 18.4 Å². The molecule has 1 saturated heterocycles. The molecule has 1 fully saturated rings. The topological polar surface area (TPSA) is 101 Å². The van der Waals surface area contributed by atoms with Crippen molar-refractivity contribution in [2.24, 2.45) is 0 Å². The highest BCUT2D eigenvalue weighted by Gasteiger charge is 2.26. The summed E-state index contributed by atoms with van der Waals surface area (Å²) in [5.74, 6) is -0.528. The second-order valence-electron chi connectivity index (χ2n) is 7.65. The molecule has 1 amide bonds. The van der Waals surface area contributed by atoms with Crippen LogP contribution >= 0.6 is 0 Å². The lowest BCUT2D eigenvalue weighted by atomic mass is 10.2. The number of aromatic nitrogens is 2. The van der Waals surface area contributed by atoms with Crippen LogP contribution in [-0.2, 0) is 16.6 Å². The molecular weight excluding hydrogens is 428 g/mol. The largest absolute Gasteiger partial charge is 0.321 e. The standard InChI is InChI=1S/C23H24N4O4S/c28-22-13-12-21(25-27(22)17-18-8-3-1-4-9-18)23(29)24-19-10-7-11-20(16-19)32(30,31)26-14-5-2-6-15-26/h1,3-4,7-13,16H,2,5-6,14-15,17H2,(H,24,29). The summed E-state index contributed by atoms with van der Waals surface area (Å²) in [6.07, 6.45) is 2.72. The second kappa shape index (κ2) is 9.46. The fourth-order valence-electron chi connectivity index (χ4n) is 3.62. The third-order valence-electron chi connectivity index (χ3n) is 5.32. The van der Waals surface area contributed by atoms with Crippen LogP contribution in [0, 0.1) is 0 Å². The smallest absolute Gasteiger partial charge is 0.276 e. The van der Waals surface area contributed by atoms with Crippen LogP contribution in [0.1, 0.15) is 35.3 Å². The minimum absolute atomic E-state index is 0.0600. The fourth-order valence-corrected chi connectivity index (χ4v) is 5.19. The second-order valence-corrected chi connectivity index (χ2v) is 9.58. The quantitative estimate of drug-likeness (QED) is 0.620. The summed E-state index contributed by atoms with van der Waals surface area (Å²) >= 11 is 0. The van der Waals surface area contributed by atoms with Crippen molar-refractivity contribution in [1.82, 2.24) is 14.1 Å². The SMILES string of the molecule is O=C(Nc1cccc(S(=O)(=O)N2CCCCC2)c1)c1ccc(=O)n(Cc2ccccc2)n1. The third-order valence-corrected chi connectivity index (χ3v) is 7.21. The number of benzene rings is 2. The molecule has 2 heterocycles. The summed E-state index contributed by atoms with van der Waals surface area (Å²) in [6.45, 7) is 1.25. The molecule has 0 saturated carbocycles. The number of amides is 1. The Morgan fingerprint density at radius 2 is 1.69 bits per heavy atom. The average Bonchev–Trinajstić information content (AvgIpc) is 2.82. The molecule has 166 valence electrons. The van der Waals surface area contributed by atoms with Gasteiger partial charge in [-0.05, 0) is 42.7 Å². The van der Waals surface area contributed by atoms with Gasteiger partial charge in [-0.1, -0.05) is 42.8 Å². The molecular formula is C23H24N4O4S. The maximum atomic E-state index is 12.9. The van der Waals surface area contributed by atoms with Crippen molar-refractivity contribution < 1.29 is 13.2 Å². The van der Waals surface area contributed by atoms with Crippen LogP contribution in [-0.4, -0.2) is 41.5 Å². The van der Waals surface area contributed by atoms with Gasteiger partial charge in [0.15, 0.2) is 0 Å². The van der Waals surface area contributed by atoms with Gasteiger partial charge in [0, 0.05) is 24.8 Å². The predicted molar refractivity (Wildman–Crippen MR) is 121 cm³/mol. The van der Waals surface area contributed by atoms with E-state index in [0.717, 1.165) is 24.8 Å². The van der Waals surface area contributed by atoms with Crippen LogP contribution in [0.15, 0.2) is 76.4 Å². The first kappa shape index (κ1) is 21.9. The Balaban J connectivity index is 1.53. The summed E-state index contributed by atoms with van der Waals surface area (Å²) in [5.41, 5.74) is 0.968. The monoisotopic (exact) mass is 452 g/mol. The van der Waals surface area contributed by atoms with Crippen LogP contribution in [0.2, 0.25) is 0 Å². The normalized spacial score (nSPS) is 14.8. The van der Waals surface area contributed by atoms with E-state index in [1.54, 1.807) is 12.1 Å². The van der Waals surface area contributed by atoms with Gasteiger partial charge in [-0.2, -0.15) is 9.40 Å². The van der Waals surface area contributed by atoms with E-state index in [4.69, 9.17) is 0 Å². The third kappa shape index (κ3) is 4.95. The molecule has 1 aliphatic heterocycles. The molecule has 0 bridgehead atoms. The fraction of sp³-hybridized carbons (Fsp3) is 0.261. The molecule has 1 N–H and O–H groups in total. The minimum Gasteiger partial charge on any atom is -0.321 e. The van der Waals surface area contributed by atoms with Crippen molar-refractivity contribution in [1.29, 1.82) is 0 Å². The predicted octanol–water partition coefficient (Wildman–Crippen LogP) is 2.72. The lowest BCUT2D eigenvalue weighted by Crippen LogP contribution is -2.35. The lowest BCUT2D eigenvalue weighted by molar-refractivity contribution is 0.102. The van der Waals surface area contributed by atoms with E-state index in [1.165, 1.54) is 33.3 Å². The summed E-state index contributed by atoms with van der Waals surface area (Å²) < 4.78 is 28.5. The van der Waals surface area contributed by atoms with E-state index >= 15 is 0 Å². The highest BCUT2D eigenvalue weighted by molar-refractivity contribution is 7.89. The number of carbonyl (C=O) groups is 1. The van der Waals surface area contributed by atoms with Gasteiger partial charge in [0.2, 0.25) is 10.0 Å². The van der Waals surface area contributed by atoms with Crippen molar-refractivity contribution >= 4 is 21.6 Å². The maximum absolute atomic E-state index is 12.9. The van der Waals surface area contributed by atoms with Gasteiger partial charge in [-0.15, -0.1) is 0 Å². The molecule has 2 aromatic carbocycles. The van der Waals surface area contributed by atoms with Crippen LogP contribution < -0.4 is 10.9 Å². The number of piperidine rings is 1. The first-order valence-electron chi connectivity index (χ1n) is 10.5. The van der Waals surface area contributed by atoms with Gasteiger partial charge >= 0.3 is 0 Å². The molecule has 0 unspecified atom stereocenters. The number of anilines is 1. The van der Waals surface area contributed by atoms with Crippen molar-refractivity contribution in [2.45, 2.75) is 30.7 Å². The molecule has 0 spiro atoms. The zero-order valence-electron chi connectivity index (χ0n) is 17.5. The van der Waals surface area contributed by atoms with Gasteiger partial charge in [0.1, 0.15) is 5.69 Å². The van der Waals surface area contributed by atoms with Crippen LogP contribution in [0.5, 0.6) is 0 Å². The highest BCUT2D eigenvalue weighted by Crippen LogP contribution is 2.23. The molecule has 9 heteroatoms. The van der Waals surface area contributed by atoms with Crippen LogP contribution in [0.4, 0.5) is 5.69 Å². The van der Waals surface area contributed by atoms with Crippen LogP contribution in [0.3, 0.4) is 0 Å². The van der Waals surface area contributed by atoms with Gasteiger partial charge in [0.05, 0.1) is 11.4 Å². The summed E-state index contributed by atoms with van der Waals surface area (Å²) in [7, 11) is -3.61. The molecule has 4 rings (SSSR count). The number of hydrogen-bond acceptors (Lipinski definition) is 5. The van der Waals surface area contributed by atoms with Crippen molar-refractivity contribution in [3.05, 3.63) is 88.3 Å². The number of hydrogen-bond donors (Lipinski definition) is 1. The van der Waals surface area contributed by atoms with Crippen molar-refractivity contribution in [3.63, 3.8) is 0 Å². The minimum atomic E-state index is -3.61. The van der Waals surface area contributed by atoms with Gasteiger partial charge in [-0.3, -0.25) is 9.59 Å². The highest BCUT2D eigenvalue weighted by atomic mass is 32.2. The number of nitrogens with zero attached hydrogens (tertiary/aromatic N) is 3. The number of nitrogens with one attached hydrogen (secondary N) is 1. The number of sulfonamides is 1. The number of carbonyl (C=O) groups excluding carboxylic acids is 1. The van der Waals surface area contributed by atoms with Gasteiger partial charge in [0.25, 0.3) is 11.5 Å². The molecule has 8 nitrogen and oxygen atoms in total. The molecule has 3 aromatic rings. The average molecular weight is 453 g/mol. The van der Waals surface area contributed by atoms with Gasteiger partial charge < -0.3 is 5.32 Å². The Bertz CT molecular complexity index is 1270. The van der Waals surface area contributed by atoms with E-state index in [9.17, 15) is 18.0 Å². The zero-order chi connectivity index (χ0) is 22.6. The Morgan fingerprint density at radius 3 is 2.44 bits per heavy atom. The van der Waals surface area contributed by atoms with E-state index in [-0.39, 0.29) is 22.7 Å². The summed E-state index contributed by atoms with van der Waals surface area (Å²) in [5, 5.41) is 6.86. The molecule has 1 aromatic heterocycles. The van der Waals surface area contributed by atoms with Gasteiger partial charge in [-0.25, -0.2) is 13.1 Å².